The smallest absolute Gasteiger partial charge is 0.337 e. The monoisotopic (exact) mass is 251 g/mol. The van der Waals surface area contributed by atoms with Gasteiger partial charge < -0.3 is 9.67 Å². The molecule has 1 unspecified atom stereocenters. The molecule has 1 atom stereocenters. The Morgan fingerprint density at radius 1 is 1.28 bits per heavy atom. The summed E-state index contributed by atoms with van der Waals surface area (Å²) in [7, 11) is 0. The summed E-state index contributed by atoms with van der Waals surface area (Å²) >= 11 is 0. The van der Waals surface area contributed by atoms with Crippen molar-refractivity contribution in [1.29, 1.82) is 0 Å². The molecule has 0 aliphatic carbocycles. The Kier molecular flexibility index (Phi) is 5.62. The summed E-state index contributed by atoms with van der Waals surface area (Å²) in [6, 6.07) is 2.82. The molecule has 4 heteroatoms. The fourth-order valence-corrected chi connectivity index (χ4v) is 2.11. The predicted octanol–water partition coefficient (Wildman–Crippen LogP) is 3.08. The molecule has 0 radical (unpaired) electrons. The van der Waals surface area contributed by atoms with E-state index < -0.39 is 5.97 Å². The van der Waals surface area contributed by atoms with Crippen LogP contribution in [0.4, 0.5) is 0 Å². The molecule has 0 spiro atoms. The van der Waals surface area contributed by atoms with Gasteiger partial charge in [-0.3, -0.25) is 4.79 Å². The predicted molar refractivity (Wildman–Crippen MR) is 71.1 cm³/mol. The minimum atomic E-state index is -0.991. The first-order valence-electron chi connectivity index (χ1n) is 6.55. The number of aromatic nitrogens is 1. The van der Waals surface area contributed by atoms with E-state index >= 15 is 0 Å². The average molecular weight is 251 g/mol. The van der Waals surface area contributed by atoms with E-state index in [2.05, 4.69) is 13.8 Å². The van der Waals surface area contributed by atoms with Gasteiger partial charge in [0.05, 0.1) is 5.56 Å². The van der Waals surface area contributed by atoms with Crippen LogP contribution in [0.1, 0.15) is 62.4 Å². The minimum Gasteiger partial charge on any atom is -0.478 e. The molecule has 4 nitrogen and oxygen atoms in total. The van der Waals surface area contributed by atoms with E-state index in [9.17, 15) is 9.59 Å². The van der Waals surface area contributed by atoms with Crippen molar-refractivity contribution in [1.82, 2.24) is 4.57 Å². The molecule has 18 heavy (non-hydrogen) atoms. The van der Waals surface area contributed by atoms with E-state index in [0.29, 0.717) is 0 Å². The summed E-state index contributed by atoms with van der Waals surface area (Å²) in [6.07, 6.45) is 6.41. The van der Waals surface area contributed by atoms with E-state index in [4.69, 9.17) is 5.11 Å². The zero-order chi connectivity index (χ0) is 13.5. The Morgan fingerprint density at radius 2 is 2.00 bits per heavy atom. The average Bonchev–Trinajstić information content (AvgIpc) is 2.35. The highest BCUT2D eigenvalue weighted by atomic mass is 16.4. The van der Waals surface area contributed by atoms with Gasteiger partial charge in [-0.15, -0.1) is 0 Å². The first kappa shape index (κ1) is 14.5. The molecule has 100 valence electrons. The van der Waals surface area contributed by atoms with Crippen molar-refractivity contribution in [3.8, 4) is 0 Å². The van der Waals surface area contributed by atoms with Gasteiger partial charge in [0, 0.05) is 18.3 Å². The van der Waals surface area contributed by atoms with Crippen LogP contribution >= 0.6 is 0 Å². The largest absolute Gasteiger partial charge is 0.478 e. The topological polar surface area (TPSA) is 59.3 Å². The molecule has 0 aliphatic rings. The van der Waals surface area contributed by atoms with E-state index in [-0.39, 0.29) is 17.2 Å². The third-order valence-corrected chi connectivity index (χ3v) is 3.09. The lowest BCUT2D eigenvalue weighted by molar-refractivity contribution is 0.0695. The highest BCUT2D eigenvalue weighted by Crippen LogP contribution is 2.19. The second-order valence-corrected chi connectivity index (χ2v) is 4.55. The number of nitrogens with zero attached hydrogens (tertiary/aromatic N) is 1. The van der Waals surface area contributed by atoms with Crippen LogP contribution in [0.25, 0.3) is 0 Å². The van der Waals surface area contributed by atoms with Crippen LogP contribution in [-0.2, 0) is 0 Å². The molecule has 0 aliphatic heterocycles. The maximum Gasteiger partial charge on any atom is 0.337 e. The van der Waals surface area contributed by atoms with Gasteiger partial charge in [0.2, 0.25) is 0 Å². The number of unbranched alkanes of at least 4 members (excludes halogenated alkanes) is 1. The van der Waals surface area contributed by atoms with Crippen LogP contribution in [0.5, 0.6) is 0 Å². The standard InChI is InChI=1S/C14H21NO3/c1-3-5-7-12(6-4-2)15-10-11(14(17)18)8-9-13(15)16/h8-10,12H,3-7H2,1-2H3,(H,17,18). The molecular formula is C14H21NO3. The van der Waals surface area contributed by atoms with Crippen molar-refractivity contribution in [2.24, 2.45) is 0 Å². The van der Waals surface area contributed by atoms with E-state index in [1.54, 1.807) is 4.57 Å². The molecule has 1 N–H and O–H groups in total. The molecule has 1 heterocycles. The maximum absolute atomic E-state index is 11.8. The quantitative estimate of drug-likeness (QED) is 0.810. The van der Waals surface area contributed by atoms with Crippen molar-refractivity contribution in [2.45, 2.75) is 52.0 Å². The zero-order valence-corrected chi connectivity index (χ0v) is 11.1. The molecular weight excluding hydrogens is 230 g/mol. The van der Waals surface area contributed by atoms with Gasteiger partial charge in [0.25, 0.3) is 5.56 Å². The van der Waals surface area contributed by atoms with Crippen LogP contribution in [-0.4, -0.2) is 15.6 Å². The number of hydrogen-bond acceptors (Lipinski definition) is 2. The fraction of sp³-hybridized carbons (Fsp3) is 0.571. The summed E-state index contributed by atoms with van der Waals surface area (Å²) in [5.41, 5.74) is 0.0572. The van der Waals surface area contributed by atoms with Gasteiger partial charge >= 0.3 is 5.97 Å². The number of rotatable bonds is 7. The van der Waals surface area contributed by atoms with Crippen LogP contribution in [0, 0.1) is 0 Å². The minimum absolute atomic E-state index is 0.113. The van der Waals surface area contributed by atoms with Crippen LogP contribution in [0.2, 0.25) is 0 Å². The van der Waals surface area contributed by atoms with E-state index in [0.717, 1.165) is 32.1 Å². The lowest BCUT2D eigenvalue weighted by atomic mass is 10.0. The first-order valence-corrected chi connectivity index (χ1v) is 6.55. The molecule has 0 amide bonds. The zero-order valence-electron chi connectivity index (χ0n) is 11.1. The molecule has 1 aromatic rings. The molecule has 1 rings (SSSR count). The van der Waals surface area contributed by atoms with Gasteiger partial charge in [-0.2, -0.15) is 0 Å². The highest BCUT2D eigenvalue weighted by molar-refractivity contribution is 5.87. The number of carboxylic acid groups (broad SMARTS) is 1. The summed E-state index contributed by atoms with van der Waals surface area (Å²) in [5, 5.41) is 8.97. The third kappa shape index (κ3) is 3.72. The summed E-state index contributed by atoms with van der Waals surface area (Å²) in [5.74, 6) is -0.991. The Hall–Kier alpha value is -1.58. The molecule has 0 saturated carbocycles. The Bertz CT molecular complexity index is 451. The van der Waals surface area contributed by atoms with E-state index in [1.807, 2.05) is 0 Å². The number of hydrogen-bond donors (Lipinski definition) is 1. The second kappa shape index (κ2) is 6.99. The van der Waals surface area contributed by atoms with E-state index in [1.165, 1.54) is 18.3 Å². The molecule has 0 aromatic carbocycles. The van der Waals surface area contributed by atoms with Gasteiger partial charge in [0.15, 0.2) is 0 Å². The first-order chi connectivity index (χ1) is 8.60. The number of pyridine rings is 1. The summed E-state index contributed by atoms with van der Waals surface area (Å²) in [4.78, 5) is 22.8. The van der Waals surface area contributed by atoms with Crippen molar-refractivity contribution in [3.05, 3.63) is 34.2 Å². The molecule has 0 fully saturated rings. The fourth-order valence-electron chi connectivity index (χ4n) is 2.11. The van der Waals surface area contributed by atoms with Crippen molar-refractivity contribution in [3.63, 3.8) is 0 Å². The maximum atomic E-state index is 11.8. The second-order valence-electron chi connectivity index (χ2n) is 4.55. The van der Waals surface area contributed by atoms with Crippen molar-refractivity contribution >= 4 is 5.97 Å². The van der Waals surface area contributed by atoms with Crippen LogP contribution in [0.3, 0.4) is 0 Å². The molecule has 0 bridgehead atoms. The van der Waals surface area contributed by atoms with Crippen LogP contribution < -0.4 is 5.56 Å². The molecule has 0 saturated heterocycles. The van der Waals surface area contributed by atoms with Gasteiger partial charge in [-0.05, 0) is 18.9 Å². The number of carboxylic acids is 1. The summed E-state index contributed by atoms with van der Waals surface area (Å²) < 4.78 is 1.59. The Balaban J connectivity index is 3.05. The Morgan fingerprint density at radius 3 is 2.56 bits per heavy atom. The Labute approximate surface area is 107 Å². The van der Waals surface area contributed by atoms with Crippen molar-refractivity contribution < 1.29 is 9.90 Å². The van der Waals surface area contributed by atoms with Gasteiger partial charge in [0.1, 0.15) is 0 Å². The number of aromatic carboxylic acids is 1. The molecule has 1 aromatic heterocycles. The third-order valence-electron chi connectivity index (χ3n) is 3.09. The van der Waals surface area contributed by atoms with Crippen LogP contribution in [0.15, 0.2) is 23.1 Å². The number of carbonyl (C=O) groups is 1. The SMILES string of the molecule is CCCCC(CCC)n1cc(C(=O)O)ccc1=O. The lowest BCUT2D eigenvalue weighted by Gasteiger charge is -2.19. The lowest BCUT2D eigenvalue weighted by Crippen LogP contribution is -2.25. The van der Waals surface area contributed by atoms with Gasteiger partial charge in [-0.25, -0.2) is 4.79 Å². The van der Waals surface area contributed by atoms with Crippen molar-refractivity contribution in [2.75, 3.05) is 0 Å². The highest BCUT2D eigenvalue weighted by Gasteiger charge is 2.13. The van der Waals surface area contributed by atoms with Gasteiger partial charge in [-0.1, -0.05) is 33.1 Å². The summed E-state index contributed by atoms with van der Waals surface area (Å²) in [6.45, 7) is 4.19. The normalized spacial score (nSPS) is 12.3.